The van der Waals surface area contributed by atoms with Gasteiger partial charge in [-0.05, 0) is 50.6 Å². The van der Waals surface area contributed by atoms with Gasteiger partial charge in [0, 0.05) is 0 Å². The zero-order chi connectivity index (χ0) is 14.5. The first-order chi connectivity index (χ1) is 9.60. The quantitative estimate of drug-likeness (QED) is 0.624. The molecule has 0 bridgehead atoms. The van der Waals surface area contributed by atoms with Crippen molar-refractivity contribution in [3.05, 3.63) is 59.2 Å². The monoisotopic (exact) mass is 270 g/mol. The van der Waals surface area contributed by atoms with Crippen molar-refractivity contribution in [3.8, 4) is 11.5 Å². The molecule has 0 radical (unpaired) electrons. The van der Waals surface area contributed by atoms with Crippen LogP contribution in [0.3, 0.4) is 0 Å². The summed E-state index contributed by atoms with van der Waals surface area (Å²) in [7, 11) is 0. The van der Waals surface area contributed by atoms with Crippen LogP contribution in [0.5, 0.6) is 11.5 Å². The first-order valence-electron chi connectivity index (χ1n) is 6.62. The highest BCUT2D eigenvalue weighted by atomic mass is 16.6. The lowest BCUT2D eigenvalue weighted by molar-refractivity contribution is 0.0728. The van der Waals surface area contributed by atoms with Crippen LogP contribution in [-0.4, -0.2) is 12.6 Å². The molecule has 104 valence electrons. The Balaban J connectivity index is 2.21. The summed E-state index contributed by atoms with van der Waals surface area (Å²) in [6.07, 6.45) is 0. The van der Waals surface area contributed by atoms with Crippen LogP contribution < -0.4 is 9.47 Å². The molecule has 0 aromatic heterocycles. The average Bonchev–Trinajstić information content (AvgIpc) is 2.43. The fourth-order valence-electron chi connectivity index (χ4n) is 1.82. The topological polar surface area (TPSA) is 35.5 Å². The number of aryl methyl sites for hydroxylation is 2. The van der Waals surface area contributed by atoms with E-state index in [0.717, 1.165) is 11.1 Å². The van der Waals surface area contributed by atoms with Crippen molar-refractivity contribution in [2.45, 2.75) is 20.8 Å². The minimum atomic E-state index is -0.380. The molecule has 0 amide bonds. The van der Waals surface area contributed by atoms with Crippen LogP contribution in [0, 0.1) is 13.8 Å². The number of hydrogen-bond acceptors (Lipinski definition) is 3. The van der Waals surface area contributed by atoms with Crippen LogP contribution in [-0.2, 0) is 0 Å². The highest BCUT2D eigenvalue weighted by Gasteiger charge is 2.12. The van der Waals surface area contributed by atoms with Gasteiger partial charge < -0.3 is 9.47 Å². The van der Waals surface area contributed by atoms with E-state index in [1.807, 2.05) is 45.0 Å². The van der Waals surface area contributed by atoms with Crippen LogP contribution in [0.2, 0.25) is 0 Å². The Labute approximate surface area is 119 Å². The van der Waals surface area contributed by atoms with Gasteiger partial charge >= 0.3 is 5.97 Å². The second-order valence-electron chi connectivity index (χ2n) is 4.64. The van der Waals surface area contributed by atoms with Gasteiger partial charge in [-0.2, -0.15) is 0 Å². The molecule has 0 saturated heterocycles. The van der Waals surface area contributed by atoms with Gasteiger partial charge in [-0.1, -0.05) is 23.8 Å². The molecule has 0 unspecified atom stereocenters. The van der Waals surface area contributed by atoms with E-state index in [0.29, 0.717) is 23.7 Å². The molecule has 0 saturated carbocycles. The molecule has 0 atom stereocenters. The van der Waals surface area contributed by atoms with Crippen LogP contribution in [0.4, 0.5) is 0 Å². The Morgan fingerprint density at radius 2 is 1.60 bits per heavy atom. The second kappa shape index (κ2) is 6.24. The zero-order valence-corrected chi connectivity index (χ0v) is 12.0. The molecule has 0 aliphatic rings. The lowest BCUT2D eigenvalue weighted by atomic mass is 10.1. The summed E-state index contributed by atoms with van der Waals surface area (Å²) < 4.78 is 10.9. The Morgan fingerprint density at radius 1 is 0.950 bits per heavy atom. The Kier molecular flexibility index (Phi) is 4.41. The van der Waals surface area contributed by atoms with Gasteiger partial charge in [0.2, 0.25) is 0 Å². The number of rotatable bonds is 4. The van der Waals surface area contributed by atoms with Gasteiger partial charge in [0.15, 0.2) is 11.5 Å². The average molecular weight is 270 g/mol. The Bertz CT molecular complexity index is 600. The molecule has 0 aliphatic carbocycles. The first kappa shape index (κ1) is 14.1. The summed E-state index contributed by atoms with van der Waals surface area (Å²) >= 11 is 0. The van der Waals surface area contributed by atoms with Crippen molar-refractivity contribution in [3.63, 3.8) is 0 Å². The maximum Gasteiger partial charge on any atom is 0.343 e. The Hall–Kier alpha value is -2.29. The van der Waals surface area contributed by atoms with E-state index < -0.39 is 0 Å². The van der Waals surface area contributed by atoms with E-state index in [2.05, 4.69) is 0 Å². The standard InChI is InChI=1S/C17H18O3/c1-4-19-16-11-13(3)7-10-15(16)20-17(18)14-8-5-12(2)6-9-14/h5-11H,4H2,1-3H3. The zero-order valence-electron chi connectivity index (χ0n) is 12.0. The van der Waals surface area contributed by atoms with Gasteiger partial charge in [0.05, 0.1) is 12.2 Å². The van der Waals surface area contributed by atoms with Crippen LogP contribution in [0.25, 0.3) is 0 Å². The molecule has 2 rings (SSSR count). The van der Waals surface area contributed by atoms with Gasteiger partial charge in [-0.25, -0.2) is 4.79 Å². The third-order valence-electron chi connectivity index (χ3n) is 2.89. The number of carbonyl (C=O) groups excluding carboxylic acids is 1. The fraction of sp³-hybridized carbons (Fsp3) is 0.235. The summed E-state index contributed by atoms with van der Waals surface area (Å²) in [5, 5.41) is 0. The summed E-state index contributed by atoms with van der Waals surface area (Å²) in [6, 6.07) is 12.8. The lowest BCUT2D eigenvalue weighted by Crippen LogP contribution is -2.09. The molecule has 0 spiro atoms. The van der Waals surface area contributed by atoms with Crippen LogP contribution in [0.15, 0.2) is 42.5 Å². The van der Waals surface area contributed by atoms with Crippen molar-refractivity contribution in [2.75, 3.05) is 6.61 Å². The van der Waals surface area contributed by atoms with Gasteiger partial charge in [-0.15, -0.1) is 0 Å². The molecule has 0 aliphatic heterocycles. The molecule has 3 nitrogen and oxygen atoms in total. The molecular formula is C17H18O3. The number of ether oxygens (including phenoxy) is 2. The van der Waals surface area contributed by atoms with E-state index in [1.54, 1.807) is 18.2 Å². The summed E-state index contributed by atoms with van der Waals surface area (Å²) in [6.45, 7) is 6.36. The number of hydrogen-bond donors (Lipinski definition) is 0. The maximum atomic E-state index is 12.1. The first-order valence-corrected chi connectivity index (χ1v) is 6.62. The molecule has 2 aromatic rings. The van der Waals surface area contributed by atoms with Crippen molar-refractivity contribution in [1.29, 1.82) is 0 Å². The highest BCUT2D eigenvalue weighted by molar-refractivity contribution is 5.91. The minimum absolute atomic E-state index is 0.380. The third-order valence-corrected chi connectivity index (χ3v) is 2.89. The van der Waals surface area contributed by atoms with Gasteiger partial charge in [-0.3, -0.25) is 0 Å². The van der Waals surface area contributed by atoms with Crippen molar-refractivity contribution in [1.82, 2.24) is 0 Å². The summed E-state index contributed by atoms with van der Waals surface area (Å²) in [5.74, 6) is 0.658. The molecule has 2 aromatic carbocycles. The fourth-order valence-corrected chi connectivity index (χ4v) is 1.82. The number of carbonyl (C=O) groups is 1. The van der Waals surface area contributed by atoms with E-state index in [9.17, 15) is 4.79 Å². The molecular weight excluding hydrogens is 252 g/mol. The molecule has 0 fully saturated rings. The van der Waals surface area contributed by atoms with Crippen molar-refractivity contribution >= 4 is 5.97 Å². The van der Waals surface area contributed by atoms with E-state index in [-0.39, 0.29) is 5.97 Å². The summed E-state index contributed by atoms with van der Waals surface area (Å²) in [5.41, 5.74) is 2.69. The number of benzene rings is 2. The van der Waals surface area contributed by atoms with Crippen molar-refractivity contribution in [2.24, 2.45) is 0 Å². The normalized spacial score (nSPS) is 10.2. The largest absolute Gasteiger partial charge is 0.490 e. The van der Waals surface area contributed by atoms with E-state index in [1.165, 1.54) is 0 Å². The predicted molar refractivity (Wildman–Crippen MR) is 78.5 cm³/mol. The second-order valence-corrected chi connectivity index (χ2v) is 4.64. The van der Waals surface area contributed by atoms with Gasteiger partial charge in [0.25, 0.3) is 0 Å². The van der Waals surface area contributed by atoms with Crippen LogP contribution in [0.1, 0.15) is 28.4 Å². The third kappa shape index (κ3) is 3.38. The molecule has 3 heteroatoms. The Morgan fingerprint density at radius 3 is 2.25 bits per heavy atom. The number of esters is 1. The lowest BCUT2D eigenvalue weighted by Gasteiger charge is -2.11. The molecule has 0 N–H and O–H groups in total. The summed E-state index contributed by atoms with van der Waals surface area (Å²) in [4.78, 5) is 12.1. The van der Waals surface area contributed by atoms with E-state index in [4.69, 9.17) is 9.47 Å². The van der Waals surface area contributed by atoms with E-state index >= 15 is 0 Å². The molecule has 20 heavy (non-hydrogen) atoms. The van der Waals surface area contributed by atoms with Crippen LogP contribution >= 0.6 is 0 Å². The molecule has 0 heterocycles. The SMILES string of the molecule is CCOc1cc(C)ccc1OC(=O)c1ccc(C)cc1. The van der Waals surface area contributed by atoms with Crippen molar-refractivity contribution < 1.29 is 14.3 Å². The minimum Gasteiger partial charge on any atom is -0.490 e. The predicted octanol–water partition coefficient (Wildman–Crippen LogP) is 3.92. The maximum absolute atomic E-state index is 12.1. The smallest absolute Gasteiger partial charge is 0.343 e. The highest BCUT2D eigenvalue weighted by Crippen LogP contribution is 2.29. The van der Waals surface area contributed by atoms with Gasteiger partial charge in [0.1, 0.15) is 0 Å².